The lowest BCUT2D eigenvalue weighted by molar-refractivity contribution is -0.128. The normalized spacial score (nSPS) is 17.4. The standard InChI is InChI=1S/C17H26N4O4/c1-11(2)6-13-8-14(20-17(24)19-13)16(23)18-9-12-7-15(22)21(10-12)4-5-25-3/h8,11-12H,4-7,9-10H2,1-3H3,(H,18,23)(H,19,20,24). The van der Waals surface area contributed by atoms with Crippen LogP contribution in [0.15, 0.2) is 10.9 Å². The van der Waals surface area contributed by atoms with Gasteiger partial charge in [0, 0.05) is 44.8 Å². The van der Waals surface area contributed by atoms with Gasteiger partial charge in [-0.25, -0.2) is 4.79 Å². The van der Waals surface area contributed by atoms with Gasteiger partial charge in [0.1, 0.15) is 5.69 Å². The van der Waals surface area contributed by atoms with Crippen molar-refractivity contribution in [3.05, 3.63) is 27.9 Å². The van der Waals surface area contributed by atoms with Gasteiger partial charge in [-0.05, 0) is 18.4 Å². The third kappa shape index (κ3) is 5.67. The molecule has 1 aliphatic rings. The summed E-state index contributed by atoms with van der Waals surface area (Å²) in [7, 11) is 1.60. The molecule has 2 heterocycles. The third-order valence-electron chi connectivity index (χ3n) is 4.07. The zero-order valence-electron chi connectivity index (χ0n) is 15.0. The molecule has 2 rings (SSSR count). The largest absolute Gasteiger partial charge is 0.383 e. The second-order valence-corrected chi connectivity index (χ2v) is 6.81. The molecule has 138 valence electrons. The van der Waals surface area contributed by atoms with Crippen molar-refractivity contribution in [2.75, 3.05) is 33.4 Å². The molecule has 0 spiro atoms. The SMILES string of the molecule is COCCN1CC(CNC(=O)c2cc(CC(C)C)[nH]c(=O)n2)CC1=O. The molecule has 1 aromatic heterocycles. The van der Waals surface area contributed by atoms with E-state index in [1.54, 1.807) is 18.1 Å². The highest BCUT2D eigenvalue weighted by atomic mass is 16.5. The van der Waals surface area contributed by atoms with Gasteiger partial charge in [-0.2, -0.15) is 4.98 Å². The molecular formula is C17H26N4O4. The fourth-order valence-corrected chi connectivity index (χ4v) is 2.91. The van der Waals surface area contributed by atoms with E-state index in [1.807, 2.05) is 13.8 Å². The van der Waals surface area contributed by atoms with E-state index in [4.69, 9.17) is 4.74 Å². The number of carbonyl (C=O) groups excluding carboxylic acids is 2. The molecule has 1 saturated heterocycles. The van der Waals surface area contributed by atoms with Crippen LogP contribution in [0.4, 0.5) is 0 Å². The molecule has 2 amide bonds. The first-order valence-electron chi connectivity index (χ1n) is 8.54. The van der Waals surface area contributed by atoms with Crippen LogP contribution in [0.2, 0.25) is 0 Å². The zero-order chi connectivity index (χ0) is 18.4. The average molecular weight is 350 g/mol. The van der Waals surface area contributed by atoms with Crippen LogP contribution in [-0.2, 0) is 16.0 Å². The van der Waals surface area contributed by atoms with Crippen molar-refractivity contribution in [1.29, 1.82) is 0 Å². The number of aromatic nitrogens is 2. The van der Waals surface area contributed by atoms with Crippen molar-refractivity contribution in [2.24, 2.45) is 11.8 Å². The molecule has 1 atom stereocenters. The molecule has 0 aromatic carbocycles. The summed E-state index contributed by atoms with van der Waals surface area (Å²) in [5, 5.41) is 2.78. The van der Waals surface area contributed by atoms with Crippen LogP contribution in [0.25, 0.3) is 0 Å². The molecule has 0 saturated carbocycles. The van der Waals surface area contributed by atoms with Gasteiger partial charge >= 0.3 is 5.69 Å². The minimum atomic E-state index is -0.523. The van der Waals surface area contributed by atoms with Crippen molar-refractivity contribution in [3.8, 4) is 0 Å². The Morgan fingerprint density at radius 2 is 2.24 bits per heavy atom. The molecule has 0 bridgehead atoms. The van der Waals surface area contributed by atoms with Crippen LogP contribution in [-0.4, -0.2) is 60.0 Å². The van der Waals surface area contributed by atoms with Gasteiger partial charge in [-0.3, -0.25) is 9.59 Å². The maximum absolute atomic E-state index is 12.3. The van der Waals surface area contributed by atoms with Crippen LogP contribution in [0.3, 0.4) is 0 Å². The monoisotopic (exact) mass is 350 g/mol. The summed E-state index contributed by atoms with van der Waals surface area (Å²) in [6, 6.07) is 1.61. The maximum Gasteiger partial charge on any atom is 0.345 e. The van der Waals surface area contributed by atoms with Gasteiger partial charge in [-0.1, -0.05) is 13.8 Å². The minimum absolute atomic E-state index is 0.0606. The highest BCUT2D eigenvalue weighted by Crippen LogP contribution is 2.16. The molecule has 2 N–H and O–H groups in total. The van der Waals surface area contributed by atoms with E-state index in [0.29, 0.717) is 50.7 Å². The van der Waals surface area contributed by atoms with E-state index in [2.05, 4.69) is 15.3 Å². The predicted octanol–water partition coefficient (Wildman–Crippen LogP) is 0.193. The van der Waals surface area contributed by atoms with E-state index in [0.717, 1.165) is 0 Å². The number of hydrogen-bond acceptors (Lipinski definition) is 5. The minimum Gasteiger partial charge on any atom is -0.383 e. The Labute approximate surface area is 147 Å². The lowest BCUT2D eigenvalue weighted by Gasteiger charge is -2.16. The Balaban J connectivity index is 1.91. The number of hydrogen-bond donors (Lipinski definition) is 2. The Bertz CT molecular complexity index is 671. The lowest BCUT2D eigenvalue weighted by atomic mass is 10.1. The molecule has 0 radical (unpaired) electrons. The molecule has 1 aromatic rings. The first kappa shape index (κ1) is 19.1. The summed E-state index contributed by atoms with van der Waals surface area (Å²) in [5.74, 6) is 0.102. The van der Waals surface area contributed by atoms with Gasteiger partial charge in [0.25, 0.3) is 5.91 Å². The average Bonchev–Trinajstić information content (AvgIpc) is 2.89. The van der Waals surface area contributed by atoms with E-state index in [-0.39, 0.29) is 23.4 Å². The number of aromatic amines is 1. The molecule has 1 aliphatic heterocycles. The Morgan fingerprint density at radius 3 is 2.92 bits per heavy atom. The van der Waals surface area contributed by atoms with Gasteiger partial charge in [0.15, 0.2) is 0 Å². The van der Waals surface area contributed by atoms with Crippen LogP contribution in [0.1, 0.15) is 36.5 Å². The number of nitrogens with one attached hydrogen (secondary N) is 2. The number of amides is 2. The smallest absolute Gasteiger partial charge is 0.345 e. The van der Waals surface area contributed by atoms with Gasteiger partial charge in [-0.15, -0.1) is 0 Å². The van der Waals surface area contributed by atoms with E-state index < -0.39 is 5.69 Å². The molecule has 0 aliphatic carbocycles. The highest BCUT2D eigenvalue weighted by Gasteiger charge is 2.29. The molecule has 8 heteroatoms. The van der Waals surface area contributed by atoms with Gasteiger partial charge in [0.05, 0.1) is 6.61 Å². The van der Waals surface area contributed by atoms with Gasteiger partial charge < -0.3 is 19.9 Å². The number of nitrogens with zero attached hydrogens (tertiary/aromatic N) is 2. The van der Waals surface area contributed by atoms with Crippen LogP contribution in [0.5, 0.6) is 0 Å². The molecule has 25 heavy (non-hydrogen) atoms. The highest BCUT2D eigenvalue weighted by molar-refractivity contribution is 5.92. The van der Waals surface area contributed by atoms with E-state index in [1.165, 1.54) is 0 Å². The summed E-state index contributed by atoms with van der Waals surface area (Å²) in [6.45, 7) is 6.11. The number of H-pyrrole nitrogens is 1. The first-order chi connectivity index (χ1) is 11.9. The Morgan fingerprint density at radius 1 is 1.48 bits per heavy atom. The number of ether oxygens (including phenoxy) is 1. The topological polar surface area (TPSA) is 104 Å². The maximum atomic E-state index is 12.3. The van der Waals surface area contributed by atoms with Crippen LogP contribution >= 0.6 is 0 Å². The Kier molecular flexibility index (Phi) is 6.69. The van der Waals surface area contributed by atoms with Crippen LogP contribution in [0, 0.1) is 11.8 Å². The third-order valence-corrected chi connectivity index (χ3v) is 4.07. The first-order valence-corrected chi connectivity index (χ1v) is 8.54. The van der Waals surface area contributed by atoms with Crippen molar-refractivity contribution in [2.45, 2.75) is 26.7 Å². The summed E-state index contributed by atoms with van der Waals surface area (Å²) in [5.41, 5.74) is 0.284. The fraction of sp³-hybridized carbons (Fsp3) is 0.647. The predicted molar refractivity (Wildman–Crippen MR) is 92.3 cm³/mol. The van der Waals surface area contributed by atoms with E-state index in [9.17, 15) is 14.4 Å². The lowest BCUT2D eigenvalue weighted by Crippen LogP contribution is -2.33. The summed E-state index contributed by atoms with van der Waals surface area (Å²) in [6.07, 6.45) is 1.08. The van der Waals surface area contributed by atoms with Gasteiger partial charge in [0.2, 0.25) is 5.91 Å². The quantitative estimate of drug-likeness (QED) is 0.697. The molecule has 1 unspecified atom stereocenters. The summed E-state index contributed by atoms with van der Waals surface area (Å²) in [4.78, 5) is 43.9. The van der Waals surface area contributed by atoms with Crippen molar-refractivity contribution < 1.29 is 14.3 Å². The second kappa shape index (κ2) is 8.75. The summed E-state index contributed by atoms with van der Waals surface area (Å²) >= 11 is 0. The van der Waals surface area contributed by atoms with Crippen molar-refractivity contribution in [1.82, 2.24) is 20.2 Å². The molecule has 8 nitrogen and oxygen atoms in total. The van der Waals surface area contributed by atoms with Crippen molar-refractivity contribution in [3.63, 3.8) is 0 Å². The van der Waals surface area contributed by atoms with Crippen LogP contribution < -0.4 is 11.0 Å². The number of likely N-dealkylation sites (tertiary alicyclic amines) is 1. The van der Waals surface area contributed by atoms with Crippen molar-refractivity contribution >= 4 is 11.8 Å². The van der Waals surface area contributed by atoms with E-state index >= 15 is 0 Å². The summed E-state index contributed by atoms with van der Waals surface area (Å²) < 4.78 is 4.99. The second-order valence-electron chi connectivity index (χ2n) is 6.81. The molecule has 1 fully saturated rings. The Hall–Kier alpha value is -2.22. The zero-order valence-corrected chi connectivity index (χ0v) is 15.0. The fourth-order valence-electron chi connectivity index (χ4n) is 2.91. The molecular weight excluding hydrogens is 324 g/mol. The number of rotatable bonds is 8. The number of carbonyl (C=O) groups is 2. The number of methoxy groups -OCH3 is 1.